The number of hydrogen-bond acceptors (Lipinski definition) is 1. The van der Waals surface area contributed by atoms with Crippen LogP contribution in [-0.2, 0) is 4.57 Å². The molecule has 0 aliphatic rings. The Morgan fingerprint density at radius 1 is 0.944 bits per heavy atom. The molecule has 3 heteroatoms. The number of benzene rings is 2. The molecular formula is C15H18NOP. The van der Waals surface area contributed by atoms with E-state index in [9.17, 15) is 4.57 Å². The standard InChI is InChI=1S/C15H18NOP/c1-13(14-9-5-3-6-10-14)16-18(2,17)15-11-7-4-8-12-15/h3-13H,1-2H3,(H,16,17)/t13-,18+/m0/s1. The second kappa shape index (κ2) is 5.51. The summed E-state index contributed by atoms with van der Waals surface area (Å²) >= 11 is 0. The zero-order valence-electron chi connectivity index (χ0n) is 10.7. The van der Waals surface area contributed by atoms with Gasteiger partial charge < -0.3 is 4.57 Å². The van der Waals surface area contributed by atoms with Crippen molar-refractivity contribution in [3.8, 4) is 0 Å². The van der Waals surface area contributed by atoms with Gasteiger partial charge in [0.25, 0.3) is 0 Å². The SMILES string of the molecule is C[C@H](N[P@](C)(=O)c1ccccc1)c1ccccc1. The molecule has 1 N–H and O–H groups in total. The normalized spacial score (nSPS) is 15.9. The summed E-state index contributed by atoms with van der Waals surface area (Å²) in [5.41, 5.74) is 1.15. The molecule has 0 radical (unpaired) electrons. The van der Waals surface area contributed by atoms with Gasteiger partial charge in [-0.2, -0.15) is 0 Å². The largest absolute Gasteiger partial charge is 0.302 e. The highest BCUT2D eigenvalue weighted by atomic mass is 31.2. The molecule has 2 atom stereocenters. The van der Waals surface area contributed by atoms with E-state index in [0.29, 0.717) is 0 Å². The van der Waals surface area contributed by atoms with Crippen molar-refractivity contribution >= 4 is 12.6 Å². The van der Waals surface area contributed by atoms with Gasteiger partial charge in [0.2, 0.25) is 0 Å². The Labute approximate surface area is 108 Å². The molecule has 0 spiro atoms. The topological polar surface area (TPSA) is 29.1 Å². The van der Waals surface area contributed by atoms with Crippen LogP contribution in [0.15, 0.2) is 60.7 Å². The van der Waals surface area contributed by atoms with Gasteiger partial charge in [-0.25, -0.2) is 0 Å². The number of nitrogens with one attached hydrogen (secondary N) is 1. The minimum atomic E-state index is -2.52. The highest BCUT2D eigenvalue weighted by Gasteiger charge is 2.20. The van der Waals surface area contributed by atoms with Crippen molar-refractivity contribution in [1.82, 2.24) is 5.09 Å². The molecule has 18 heavy (non-hydrogen) atoms. The van der Waals surface area contributed by atoms with E-state index in [-0.39, 0.29) is 6.04 Å². The molecule has 0 amide bonds. The smallest absolute Gasteiger partial charge is 0.173 e. The van der Waals surface area contributed by atoms with Gasteiger partial charge in [0, 0.05) is 18.0 Å². The lowest BCUT2D eigenvalue weighted by atomic mass is 10.1. The summed E-state index contributed by atoms with van der Waals surface area (Å²) in [6.07, 6.45) is 0. The predicted octanol–water partition coefficient (Wildman–Crippen LogP) is 3.57. The molecule has 0 unspecified atom stereocenters. The molecule has 2 nitrogen and oxygen atoms in total. The summed E-state index contributed by atoms with van der Waals surface area (Å²) in [6.45, 7) is 3.82. The fourth-order valence-corrected chi connectivity index (χ4v) is 3.75. The Bertz CT molecular complexity index is 539. The van der Waals surface area contributed by atoms with E-state index >= 15 is 0 Å². The van der Waals surface area contributed by atoms with Gasteiger partial charge in [-0.1, -0.05) is 60.7 Å². The molecule has 0 aliphatic heterocycles. The quantitative estimate of drug-likeness (QED) is 0.850. The van der Waals surface area contributed by atoms with Crippen LogP contribution in [0, 0.1) is 0 Å². The van der Waals surface area contributed by atoms with Crippen LogP contribution < -0.4 is 10.4 Å². The average Bonchev–Trinajstić information content (AvgIpc) is 2.40. The van der Waals surface area contributed by atoms with Crippen molar-refractivity contribution in [2.45, 2.75) is 13.0 Å². The summed E-state index contributed by atoms with van der Waals surface area (Å²) in [5.74, 6) is 0. The Balaban J connectivity index is 2.17. The van der Waals surface area contributed by atoms with Crippen molar-refractivity contribution in [3.63, 3.8) is 0 Å². The maximum Gasteiger partial charge on any atom is 0.173 e. The van der Waals surface area contributed by atoms with Gasteiger partial charge in [-0.15, -0.1) is 0 Å². The van der Waals surface area contributed by atoms with Crippen molar-refractivity contribution in [2.75, 3.05) is 6.66 Å². The van der Waals surface area contributed by atoms with Crippen LogP contribution >= 0.6 is 7.29 Å². The molecule has 0 aromatic heterocycles. The van der Waals surface area contributed by atoms with Crippen LogP contribution in [0.2, 0.25) is 0 Å². The molecule has 0 saturated heterocycles. The van der Waals surface area contributed by atoms with Crippen molar-refractivity contribution in [1.29, 1.82) is 0 Å². The Kier molecular flexibility index (Phi) is 4.00. The van der Waals surface area contributed by atoms with E-state index in [4.69, 9.17) is 0 Å². The summed E-state index contributed by atoms with van der Waals surface area (Å²) < 4.78 is 12.7. The lowest BCUT2D eigenvalue weighted by molar-refractivity contribution is 0.565. The van der Waals surface area contributed by atoms with Crippen molar-refractivity contribution in [2.24, 2.45) is 0 Å². The monoisotopic (exact) mass is 259 g/mol. The molecule has 0 heterocycles. The van der Waals surface area contributed by atoms with Crippen LogP contribution in [0.5, 0.6) is 0 Å². The van der Waals surface area contributed by atoms with E-state index in [1.54, 1.807) is 6.66 Å². The molecule has 0 bridgehead atoms. The number of hydrogen-bond donors (Lipinski definition) is 1. The fraction of sp³-hybridized carbons (Fsp3) is 0.200. The molecule has 2 aromatic rings. The van der Waals surface area contributed by atoms with E-state index < -0.39 is 7.29 Å². The van der Waals surface area contributed by atoms with E-state index in [2.05, 4.69) is 5.09 Å². The Hall–Kier alpha value is -1.37. The summed E-state index contributed by atoms with van der Waals surface area (Å²) in [6, 6.07) is 19.7. The van der Waals surface area contributed by atoms with Gasteiger partial charge in [0.15, 0.2) is 7.29 Å². The van der Waals surface area contributed by atoms with Gasteiger partial charge in [-0.05, 0) is 12.5 Å². The molecule has 0 fully saturated rings. The predicted molar refractivity (Wildman–Crippen MR) is 77.6 cm³/mol. The zero-order valence-corrected chi connectivity index (χ0v) is 11.6. The molecular weight excluding hydrogens is 241 g/mol. The summed E-state index contributed by atoms with van der Waals surface area (Å²) in [5, 5.41) is 4.11. The number of rotatable bonds is 4. The first-order valence-corrected chi connectivity index (χ1v) is 8.21. The molecule has 2 rings (SSSR count). The first kappa shape index (κ1) is 13.1. The Morgan fingerprint density at radius 2 is 1.44 bits per heavy atom. The lowest BCUT2D eigenvalue weighted by Crippen LogP contribution is -2.21. The highest BCUT2D eigenvalue weighted by molar-refractivity contribution is 7.68. The minimum Gasteiger partial charge on any atom is -0.302 e. The van der Waals surface area contributed by atoms with Crippen molar-refractivity contribution in [3.05, 3.63) is 66.2 Å². The second-order valence-corrected chi connectivity index (χ2v) is 7.14. The molecule has 0 aliphatic carbocycles. The second-order valence-electron chi connectivity index (χ2n) is 4.52. The van der Waals surface area contributed by atoms with Gasteiger partial charge >= 0.3 is 0 Å². The third kappa shape index (κ3) is 3.10. The van der Waals surface area contributed by atoms with Crippen LogP contribution in [0.3, 0.4) is 0 Å². The third-order valence-corrected chi connectivity index (χ3v) is 5.15. The van der Waals surface area contributed by atoms with Gasteiger partial charge in [0.05, 0.1) is 0 Å². The lowest BCUT2D eigenvalue weighted by Gasteiger charge is -2.21. The highest BCUT2D eigenvalue weighted by Crippen LogP contribution is 2.38. The van der Waals surface area contributed by atoms with Crippen LogP contribution in [0.4, 0.5) is 0 Å². The maximum atomic E-state index is 12.7. The summed E-state index contributed by atoms with van der Waals surface area (Å²) in [4.78, 5) is 0. The van der Waals surface area contributed by atoms with Crippen LogP contribution in [0.25, 0.3) is 0 Å². The third-order valence-electron chi connectivity index (χ3n) is 2.99. The molecule has 94 valence electrons. The first-order valence-electron chi connectivity index (χ1n) is 6.05. The van der Waals surface area contributed by atoms with Gasteiger partial charge in [-0.3, -0.25) is 5.09 Å². The zero-order chi connectivity index (χ0) is 13.0. The van der Waals surface area contributed by atoms with E-state index in [1.165, 1.54) is 0 Å². The fourth-order valence-electron chi connectivity index (χ4n) is 1.97. The van der Waals surface area contributed by atoms with Crippen molar-refractivity contribution < 1.29 is 4.57 Å². The maximum absolute atomic E-state index is 12.7. The minimum absolute atomic E-state index is 0.0715. The van der Waals surface area contributed by atoms with E-state index in [0.717, 1.165) is 10.9 Å². The first-order chi connectivity index (χ1) is 8.59. The van der Waals surface area contributed by atoms with Crippen LogP contribution in [0.1, 0.15) is 18.5 Å². The van der Waals surface area contributed by atoms with E-state index in [1.807, 2.05) is 67.6 Å². The van der Waals surface area contributed by atoms with Gasteiger partial charge in [0.1, 0.15) is 0 Å². The Morgan fingerprint density at radius 3 is 2.00 bits per heavy atom. The van der Waals surface area contributed by atoms with Crippen LogP contribution in [-0.4, -0.2) is 6.66 Å². The average molecular weight is 259 g/mol. The summed E-state index contributed by atoms with van der Waals surface area (Å²) in [7, 11) is -2.52. The molecule has 2 aromatic carbocycles. The molecule has 0 saturated carbocycles.